The SMILES string of the molecule is CCOC(=O)Nc1ccc(C(=O)OC)c(OCc2ccccc2)c1. The van der Waals surface area contributed by atoms with Crippen molar-refractivity contribution in [3.63, 3.8) is 0 Å². The number of esters is 1. The van der Waals surface area contributed by atoms with Crippen molar-refractivity contribution in [2.24, 2.45) is 0 Å². The molecular formula is C18H19NO5. The molecule has 0 heterocycles. The van der Waals surface area contributed by atoms with Gasteiger partial charge in [0.05, 0.1) is 13.7 Å². The molecule has 0 fully saturated rings. The maximum atomic E-state index is 11.9. The van der Waals surface area contributed by atoms with E-state index in [9.17, 15) is 9.59 Å². The monoisotopic (exact) mass is 329 g/mol. The zero-order chi connectivity index (χ0) is 17.4. The van der Waals surface area contributed by atoms with Gasteiger partial charge in [0.2, 0.25) is 0 Å². The second-order valence-electron chi connectivity index (χ2n) is 4.82. The molecule has 0 radical (unpaired) electrons. The van der Waals surface area contributed by atoms with Crippen LogP contribution in [0.5, 0.6) is 5.75 Å². The lowest BCUT2D eigenvalue weighted by atomic mass is 10.1. The average Bonchev–Trinajstić information content (AvgIpc) is 2.60. The maximum Gasteiger partial charge on any atom is 0.411 e. The number of nitrogens with one attached hydrogen (secondary N) is 1. The smallest absolute Gasteiger partial charge is 0.411 e. The summed E-state index contributed by atoms with van der Waals surface area (Å²) in [6.45, 7) is 2.27. The molecule has 0 saturated heterocycles. The van der Waals surface area contributed by atoms with Gasteiger partial charge in [-0.05, 0) is 24.6 Å². The number of rotatable bonds is 6. The number of methoxy groups -OCH3 is 1. The first-order valence-corrected chi connectivity index (χ1v) is 7.47. The van der Waals surface area contributed by atoms with E-state index in [2.05, 4.69) is 5.32 Å². The van der Waals surface area contributed by atoms with Crippen LogP contribution in [0.4, 0.5) is 10.5 Å². The van der Waals surface area contributed by atoms with Crippen LogP contribution in [0, 0.1) is 0 Å². The minimum absolute atomic E-state index is 0.267. The number of amides is 1. The Labute approximate surface area is 140 Å². The maximum absolute atomic E-state index is 11.9. The predicted molar refractivity (Wildman–Crippen MR) is 89.2 cm³/mol. The van der Waals surface area contributed by atoms with E-state index in [1.165, 1.54) is 13.2 Å². The van der Waals surface area contributed by atoms with Gasteiger partial charge in [0.15, 0.2) is 0 Å². The Morgan fingerprint density at radius 2 is 1.83 bits per heavy atom. The van der Waals surface area contributed by atoms with Crippen molar-refractivity contribution < 1.29 is 23.8 Å². The van der Waals surface area contributed by atoms with Crippen LogP contribution in [0.1, 0.15) is 22.8 Å². The zero-order valence-corrected chi connectivity index (χ0v) is 13.6. The largest absolute Gasteiger partial charge is 0.488 e. The van der Waals surface area contributed by atoms with Gasteiger partial charge in [0.1, 0.15) is 17.9 Å². The third-order valence-corrected chi connectivity index (χ3v) is 3.15. The van der Waals surface area contributed by atoms with E-state index >= 15 is 0 Å². The van der Waals surface area contributed by atoms with Gasteiger partial charge in [-0.15, -0.1) is 0 Å². The van der Waals surface area contributed by atoms with Gasteiger partial charge in [-0.25, -0.2) is 9.59 Å². The Morgan fingerprint density at radius 3 is 2.50 bits per heavy atom. The van der Waals surface area contributed by atoms with E-state index in [0.29, 0.717) is 11.4 Å². The van der Waals surface area contributed by atoms with Crippen LogP contribution >= 0.6 is 0 Å². The zero-order valence-electron chi connectivity index (χ0n) is 13.6. The molecule has 24 heavy (non-hydrogen) atoms. The topological polar surface area (TPSA) is 73.9 Å². The quantitative estimate of drug-likeness (QED) is 0.819. The molecule has 0 spiro atoms. The Balaban J connectivity index is 2.20. The second kappa shape index (κ2) is 8.57. The molecule has 6 heteroatoms. The highest BCUT2D eigenvalue weighted by atomic mass is 16.5. The summed E-state index contributed by atoms with van der Waals surface area (Å²) in [5, 5.41) is 2.57. The van der Waals surface area contributed by atoms with E-state index in [1.807, 2.05) is 30.3 Å². The summed E-state index contributed by atoms with van der Waals surface area (Å²) in [4.78, 5) is 23.4. The second-order valence-corrected chi connectivity index (χ2v) is 4.82. The number of hydrogen-bond acceptors (Lipinski definition) is 5. The van der Waals surface area contributed by atoms with Gasteiger partial charge >= 0.3 is 12.1 Å². The van der Waals surface area contributed by atoms with Crippen LogP contribution in [0.3, 0.4) is 0 Å². The van der Waals surface area contributed by atoms with Gasteiger partial charge in [-0.3, -0.25) is 5.32 Å². The number of benzene rings is 2. The highest BCUT2D eigenvalue weighted by molar-refractivity contribution is 5.94. The number of carbonyl (C=O) groups is 2. The Morgan fingerprint density at radius 1 is 1.08 bits per heavy atom. The minimum atomic E-state index is -0.572. The van der Waals surface area contributed by atoms with E-state index < -0.39 is 12.1 Å². The molecule has 2 rings (SSSR count). The van der Waals surface area contributed by atoms with E-state index in [4.69, 9.17) is 14.2 Å². The molecule has 0 aliphatic heterocycles. The lowest BCUT2D eigenvalue weighted by molar-refractivity contribution is 0.0595. The molecule has 1 amide bonds. The van der Waals surface area contributed by atoms with Gasteiger partial charge in [-0.2, -0.15) is 0 Å². The molecule has 0 aliphatic carbocycles. The number of carbonyl (C=O) groups excluding carboxylic acids is 2. The number of ether oxygens (including phenoxy) is 3. The molecule has 126 valence electrons. The summed E-state index contributed by atoms with van der Waals surface area (Å²) in [6.07, 6.45) is -0.572. The molecule has 1 N–H and O–H groups in total. The van der Waals surface area contributed by atoms with Crippen LogP contribution < -0.4 is 10.1 Å². The van der Waals surface area contributed by atoms with E-state index in [1.54, 1.807) is 19.1 Å². The van der Waals surface area contributed by atoms with Crippen LogP contribution in [0.2, 0.25) is 0 Å². The van der Waals surface area contributed by atoms with Crippen LogP contribution in [-0.4, -0.2) is 25.8 Å². The predicted octanol–water partition coefficient (Wildman–Crippen LogP) is 3.62. The van der Waals surface area contributed by atoms with Crippen molar-refractivity contribution in [2.75, 3.05) is 19.0 Å². The molecule has 6 nitrogen and oxygen atoms in total. The highest BCUT2D eigenvalue weighted by Gasteiger charge is 2.15. The first-order chi connectivity index (χ1) is 11.6. The van der Waals surface area contributed by atoms with Crippen molar-refractivity contribution in [1.82, 2.24) is 0 Å². The van der Waals surface area contributed by atoms with Crippen molar-refractivity contribution in [3.8, 4) is 5.75 Å². The fourth-order valence-electron chi connectivity index (χ4n) is 2.02. The van der Waals surface area contributed by atoms with Crippen LogP contribution in [-0.2, 0) is 16.1 Å². The fraction of sp³-hybridized carbons (Fsp3) is 0.222. The first-order valence-electron chi connectivity index (χ1n) is 7.47. The molecular weight excluding hydrogens is 310 g/mol. The van der Waals surface area contributed by atoms with Gasteiger partial charge in [-0.1, -0.05) is 30.3 Å². The third kappa shape index (κ3) is 4.74. The molecule has 0 saturated carbocycles. The summed E-state index contributed by atoms with van der Waals surface area (Å²) in [5.41, 5.74) is 1.70. The summed E-state index contributed by atoms with van der Waals surface area (Å²) in [5.74, 6) is -0.194. The van der Waals surface area contributed by atoms with Crippen molar-refractivity contribution in [2.45, 2.75) is 13.5 Å². The van der Waals surface area contributed by atoms with Crippen molar-refractivity contribution in [1.29, 1.82) is 0 Å². The fourth-order valence-corrected chi connectivity index (χ4v) is 2.02. The number of hydrogen-bond donors (Lipinski definition) is 1. The summed E-state index contributed by atoms with van der Waals surface area (Å²) < 4.78 is 15.3. The standard InChI is InChI=1S/C18H19NO5/c1-3-23-18(21)19-14-9-10-15(17(20)22-2)16(11-14)24-12-13-7-5-4-6-8-13/h4-11H,3,12H2,1-2H3,(H,19,21). The molecule has 0 bridgehead atoms. The van der Waals surface area contributed by atoms with E-state index in [0.717, 1.165) is 5.56 Å². The van der Waals surface area contributed by atoms with Crippen LogP contribution in [0.25, 0.3) is 0 Å². The van der Waals surface area contributed by atoms with Crippen LogP contribution in [0.15, 0.2) is 48.5 Å². The summed E-state index contributed by atoms with van der Waals surface area (Å²) >= 11 is 0. The number of anilines is 1. The Hall–Kier alpha value is -3.02. The first kappa shape index (κ1) is 17.3. The van der Waals surface area contributed by atoms with Crippen molar-refractivity contribution in [3.05, 3.63) is 59.7 Å². The molecule has 2 aromatic carbocycles. The molecule has 2 aromatic rings. The minimum Gasteiger partial charge on any atom is -0.488 e. The average molecular weight is 329 g/mol. The Kier molecular flexibility index (Phi) is 6.19. The van der Waals surface area contributed by atoms with E-state index in [-0.39, 0.29) is 18.8 Å². The van der Waals surface area contributed by atoms with Gasteiger partial charge in [0, 0.05) is 11.8 Å². The highest BCUT2D eigenvalue weighted by Crippen LogP contribution is 2.25. The lowest BCUT2D eigenvalue weighted by Gasteiger charge is -2.13. The Bertz CT molecular complexity index is 700. The third-order valence-electron chi connectivity index (χ3n) is 3.15. The molecule has 0 unspecified atom stereocenters. The van der Waals surface area contributed by atoms with Crippen molar-refractivity contribution >= 4 is 17.7 Å². The lowest BCUT2D eigenvalue weighted by Crippen LogP contribution is -2.14. The molecule has 0 aromatic heterocycles. The van der Waals surface area contributed by atoms with Gasteiger partial charge in [0.25, 0.3) is 0 Å². The molecule has 0 aliphatic rings. The summed E-state index contributed by atoms with van der Waals surface area (Å²) in [7, 11) is 1.30. The molecule has 0 atom stereocenters. The van der Waals surface area contributed by atoms with Gasteiger partial charge < -0.3 is 14.2 Å². The summed E-state index contributed by atoms with van der Waals surface area (Å²) in [6, 6.07) is 14.2. The normalized spacial score (nSPS) is 9.92.